The predicted molar refractivity (Wildman–Crippen MR) is 101 cm³/mol. The van der Waals surface area contributed by atoms with E-state index in [1.165, 1.54) is 0 Å². The van der Waals surface area contributed by atoms with Gasteiger partial charge in [-0.05, 0) is 36.6 Å². The third-order valence-corrected chi connectivity index (χ3v) is 4.41. The zero-order valence-electron chi connectivity index (χ0n) is 13.4. The summed E-state index contributed by atoms with van der Waals surface area (Å²) in [6.45, 7) is 0. The number of carbonyl (C=O) groups is 2. The van der Waals surface area contributed by atoms with Crippen LogP contribution in [0.15, 0.2) is 65.6 Å². The summed E-state index contributed by atoms with van der Waals surface area (Å²) in [7, 11) is 0. The second kappa shape index (κ2) is 7.27. The second-order valence-corrected chi connectivity index (χ2v) is 6.20. The van der Waals surface area contributed by atoms with Gasteiger partial charge in [0.15, 0.2) is 0 Å². The predicted octanol–water partition coefficient (Wildman–Crippen LogP) is 3.84. The largest absolute Gasteiger partial charge is 0.507 e. The van der Waals surface area contributed by atoms with E-state index in [1.807, 2.05) is 18.4 Å². The van der Waals surface area contributed by atoms with Crippen LogP contribution in [0.2, 0.25) is 0 Å². The minimum Gasteiger partial charge on any atom is -0.507 e. The molecular formula is C19H16N2O3S. The lowest BCUT2D eigenvalue weighted by Crippen LogP contribution is -2.29. The fraction of sp³-hybridized carbons (Fsp3) is 0.0526. The molecule has 3 rings (SSSR count). The van der Waals surface area contributed by atoms with Crippen LogP contribution in [0, 0.1) is 0 Å². The fourth-order valence-electron chi connectivity index (χ4n) is 2.47. The SMILES string of the molecule is CSc1cccc(NC(=O)C(=O)Nc2cccc3c(O)cccc23)c1. The number of rotatable bonds is 3. The summed E-state index contributed by atoms with van der Waals surface area (Å²) in [5.74, 6) is -1.41. The number of thioether (sulfide) groups is 1. The van der Waals surface area contributed by atoms with Gasteiger partial charge in [0.05, 0.1) is 0 Å². The van der Waals surface area contributed by atoms with Crippen molar-refractivity contribution >= 4 is 45.7 Å². The van der Waals surface area contributed by atoms with Crippen molar-refractivity contribution in [2.45, 2.75) is 4.90 Å². The zero-order chi connectivity index (χ0) is 17.8. The molecule has 126 valence electrons. The third kappa shape index (κ3) is 3.75. The Kier molecular flexibility index (Phi) is 4.90. The van der Waals surface area contributed by atoms with Gasteiger partial charge in [0.2, 0.25) is 0 Å². The van der Waals surface area contributed by atoms with Crippen LogP contribution in [-0.2, 0) is 9.59 Å². The normalized spacial score (nSPS) is 10.4. The molecule has 0 saturated heterocycles. The van der Waals surface area contributed by atoms with E-state index in [2.05, 4.69) is 10.6 Å². The smallest absolute Gasteiger partial charge is 0.314 e. The number of carbonyl (C=O) groups excluding carboxylic acids is 2. The molecule has 2 amide bonds. The standard InChI is InChI=1S/C19H16N2O3S/c1-25-13-6-2-5-12(11-13)20-18(23)19(24)21-16-9-3-8-15-14(16)7-4-10-17(15)22/h2-11,22H,1H3,(H,20,23)(H,21,24). The number of hydrogen-bond donors (Lipinski definition) is 3. The first-order valence-electron chi connectivity index (χ1n) is 7.55. The molecule has 6 heteroatoms. The molecule has 0 fully saturated rings. The Labute approximate surface area is 149 Å². The molecule has 0 aliphatic heterocycles. The van der Waals surface area contributed by atoms with Crippen LogP contribution < -0.4 is 10.6 Å². The van der Waals surface area contributed by atoms with Crippen LogP contribution >= 0.6 is 11.8 Å². The fourth-order valence-corrected chi connectivity index (χ4v) is 2.93. The maximum absolute atomic E-state index is 12.2. The number of fused-ring (bicyclic) bond motifs is 1. The number of amides is 2. The van der Waals surface area contributed by atoms with Crippen molar-refractivity contribution in [3.05, 3.63) is 60.7 Å². The van der Waals surface area contributed by atoms with Crippen molar-refractivity contribution in [2.75, 3.05) is 16.9 Å². The van der Waals surface area contributed by atoms with Gasteiger partial charge in [-0.3, -0.25) is 9.59 Å². The maximum atomic E-state index is 12.2. The molecule has 0 bridgehead atoms. The summed E-state index contributed by atoms with van der Waals surface area (Å²) in [5, 5.41) is 16.3. The van der Waals surface area contributed by atoms with E-state index in [4.69, 9.17) is 0 Å². The lowest BCUT2D eigenvalue weighted by molar-refractivity contribution is -0.132. The van der Waals surface area contributed by atoms with E-state index < -0.39 is 11.8 Å². The molecule has 0 unspecified atom stereocenters. The Bertz CT molecular complexity index is 956. The number of aromatic hydroxyl groups is 1. The van der Waals surface area contributed by atoms with Gasteiger partial charge in [0.1, 0.15) is 5.75 Å². The lowest BCUT2D eigenvalue weighted by atomic mass is 10.1. The van der Waals surface area contributed by atoms with Gasteiger partial charge < -0.3 is 15.7 Å². The Balaban J connectivity index is 1.78. The Morgan fingerprint density at radius 3 is 2.36 bits per heavy atom. The number of anilines is 2. The van der Waals surface area contributed by atoms with Crippen molar-refractivity contribution in [2.24, 2.45) is 0 Å². The van der Waals surface area contributed by atoms with E-state index in [0.717, 1.165) is 4.90 Å². The molecule has 0 aliphatic carbocycles. The van der Waals surface area contributed by atoms with Gasteiger partial charge in [-0.25, -0.2) is 0 Å². The lowest BCUT2D eigenvalue weighted by Gasteiger charge is -2.10. The number of nitrogens with one attached hydrogen (secondary N) is 2. The van der Waals surface area contributed by atoms with E-state index in [0.29, 0.717) is 22.1 Å². The molecular weight excluding hydrogens is 336 g/mol. The molecule has 0 aromatic heterocycles. The van der Waals surface area contributed by atoms with Gasteiger partial charge >= 0.3 is 11.8 Å². The van der Waals surface area contributed by atoms with E-state index in [9.17, 15) is 14.7 Å². The average Bonchev–Trinajstić information content (AvgIpc) is 2.62. The monoisotopic (exact) mass is 352 g/mol. The minimum atomic E-state index is -0.773. The second-order valence-electron chi connectivity index (χ2n) is 5.32. The molecule has 3 N–H and O–H groups in total. The first kappa shape index (κ1) is 16.9. The summed E-state index contributed by atoms with van der Waals surface area (Å²) in [6, 6.07) is 17.4. The number of phenols is 1. The van der Waals surface area contributed by atoms with Crippen LogP contribution in [0.1, 0.15) is 0 Å². The molecule has 5 nitrogen and oxygen atoms in total. The first-order chi connectivity index (χ1) is 12.1. The van der Waals surface area contributed by atoms with Gasteiger partial charge in [0.25, 0.3) is 0 Å². The van der Waals surface area contributed by atoms with Crippen LogP contribution in [0.4, 0.5) is 11.4 Å². The highest BCUT2D eigenvalue weighted by Gasteiger charge is 2.15. The van der Waals surface area contributed by atoms with Crippen LogP contribution in [-0.4, -0.2) is 23.2 Å². The van der Waals surface area contributed by atoms with Crippen molar-refractivity contribution in [1.29, 1.82) is 0 Å². The Hall–Kier alpha value is -2.99. The highest BCUT2D eigenvalue weighted by atomic mass is 32.2. The summed E-state index contributed by atoms with van der Waals surface area (Å²) in [5.41, 5.74) is 1.02. The molecule has 0 atom stereocenters. The summed E-state index contributed by atoms with van der Waals surface area (Å²) in [6.07, 6.45) is 1.93. The van der Waals surface area contributed by atoms with Crippen LogP contribution in [0.5, 0.6) is 5.75 Å². The van der Waals surface area contributed by atoms with Crippen molar-refractivity contribution in [3.8, 4) is 5.75 Å². The number of benzene rings is 3. The Morgan fingerprint density at radius 1 is 0.880 bits per heavy atom. The van der Waals surface area contributed by atoms with Gasteiger partial charge in [0, 0.05) is 27.0 Å². The van der Waals surface area contributed by atoms with Gasteiger partial charge in [-0.2, -0.15) is 0 Å². The number of phenolic OH excluding ortho intramolecular Hbond substituents is 1. The van der Waals surface area contributed by atoms with Gasteiger partial charge in [-0.15, -0.1) is 11.8 Å². The third-order valence-electron chi connectivity index (χ3n) is 3.68. The molecule has 0 spiro atoms. The molecule has 0 radical (unpaired) electrons. The molecule has 0 heterocycles. The highest BCUT2D eigenvalue weighted by Crippen LogP contribution is 2.29. The van der Waals surface area contributed by atoms with Crippen LogP contribution in [0.25, 0.3) is 10.8 Å². The summed E-state index contributed by atoms with van der Waals surface area (Å²) >= 11 is 1.55. The quantitative estimate of drug-likeness (QED) is 0.494. The van der Waals surface area contributed by atoms with E-state index in [1.54, 1.807) is 60.3 Å². The van der Waals surface area contributed by atoms with Crippen molar-refractivity contribution in [1.82, 2.24) is 0 Å². The molecule has 3 aromatic rings. The molecule has 3 aromatic carbocycles. The van der Waals surface area contributed by atoms with Crippen molar-refractivity contribution in [3.63, 3.8) is 0 Å². The highest BCUT2D eigenvalue weighted by molar-refractivity contribution is 7.98. The topological polar surface area (TPSA) is 78.4 Å². The summed E-state index contributed by atoms with van der Waals surface area (Å²) < 4.78 is 0. The average molecular weight is 352 g/mol. The van der Waals surface area contributed by atoms with Gasteiger partial charge in [-0.1, -0.05) is 30.3 Å². The van der Waals surface area contributed by atoms with Crippen LogP contribution in [0.3, 0.4) is 0 Å². The first-order valence-corrected chi connectivity index (χ1v) is 8.78. The molecule has 0 saturated carbocycles. The minimum absolute atomic E-state index is 0.118. The van der Waals surface area contributed by atoms with E-state index >= 15 is 0 Å². The Morgan fingerprint density at radius 2 is 1.56 bits per heavy atom. The van der Waals surface area contributed by atoms with E-state index in [-0.39, 0.29) is 5.75 Å². The molecule has 0 aliphatic rings. The molecule has 25 heavy (non-hydrogen) atoms. The number of hydrogen-bond acceptors (Lipinski definition) is 4. The summed E-state index contributed by atoms with van der Waals surface area (Å²) in [4.78, 5) is 25.3. The van der Waals surface area contributed by atoms with Crippen molar-refractivity contribution < 1.29 is 14.7 Å². The zero-order valence-corrected chi connectivity index (χ0v) is 14.3. The maximum Gasteiger partial charge on any atom is 0.314 e.